The summed E-state index contributed by atoms with van der Waals surface area (Å²) in [4.78, 5) is 4.15. The lowest BCUT2D eigenvalue weighted by molar-refractivity contribution is 0.932. The fourth-order valence-electron chi connectivity index (χ4n) is 1.48. The summed E-state index contributed by atoms with van der Waals surface area (Å²) in [6.07, 6.45) is 3.81. The van der Waals surface area contributed by atoms with Crippen LogP contribution in [0.5, 0.6) is 0 Å². The van der Waals surface area contributed by atoms with Gasteiger partial charge in [0.1, 0.15) is 0 Å². The second-order valence-corrected chi connectivity index (χ2v) is 4.03. The lowest BCUT2D eigenvalue weighted by atomic mass is 10.2. The van der Waals surface area contributed by atoms with E-state index in [-0.39, 0.29) is 0 Å². The minimum absolute atomic E-state index is 1.22. The van der Waals surface area contributed by atoms with Crippen LogP contribution in [0.25, 0.3) is 10.9 Å². The molecule has 2 heterocycles. The molecule has 62 valence electrons. The molecule has 0 unspecified atom stereocenters. The topological polar surface area (TPSA) is 17.8 Å². The molecule has 0 N–H and O–H groups in total. The molecule has 2 aromatic rings. The Morgan fingerprint density at radius 2 is 2.17 bits per heavy atom. The molecule has 0 amide bonds. The number of fused-ring (bicyclic) bond motifs is 1. The molecule has 2 rings (SSSR count). The molecule has 0 saturated carbocycles. The summed E-state index contributed by atoms with van der Waals surface area (Å²) in [5, 5.41) is 1.22. The SMILES string of the molecule is Cc1cncc2cc(I)n(C)c12. The molecule has 2 nitrogen and oxygen atoms in total. The molecule has 0 atom stereocenters. The number of nitrogens with zero attached hydrogens (tertiary/aromatic N) is 2. The van der Waals surface area contributed by atoms with Gasteiger partial charge in [-0.3, -0.25) is 4.98 Å². The predicted molar refractivity (Wildman–Crippen MR) is 58.2 cm³/mol. The first-order valence-electron chi connectivity index (χ1n) is 3.75. The summed E-state index contributed by atoms with van der Waals surface area (Å²) in [6.45, 7) is 2.09. The van der Waals surface area contributed by atoms with Gasteiger partial charge in [-0.25, -0.2) is 0 Å². The van der Waals surface area contributed by atoms with E-state index in [2.05, 4.69) is 52.2 Å². The first-order chi connectivity index (χ1) is 5.70. The average Bonchev–Trinajstić information content (AvgIpc) is 2.29. The van der Waals surface area contributed by atoms with Crippen molar-refractivity contribution in [3.05, 3.63) is 27.7 Å². The summed E-state index contributed by atoms with van der Waals surface area (Å²) in [5.74, 6) is 0. The van der Waals surface area contributed by atoms with Crippen molar-refractivity contribution in [2.24, 2.45) is 7.05 Å². The highest BCUT2D eigenvalue weighted by Crippen LogP contribution is 2.21. The Morgan fingerprint density at radius 1 is 1.42 bits per heavy atom. The highest BCUT2D eigenvalue weighted by Gasteiger charge is 2.04. The van der Waals surface area contributed by atoms with Gasteiger partial charge in [-0.2, -0.15) is 0 Å². The molecule has 0 saturated heterocycles. The van der Waals surface area contributed by atoms with E-state index in [1.54, 1.807) is 0 Å². The maximum absolute atomic E-state index is 4.15. The summed E-state index contributed by atoms with van der Waals surface area (Å²) in [7, 11) is 2.08. The monoisotopic (exact) mass is 272 g/mol. The Bertz CT molecular complexity index is 431. The molecule has 12 heavy (non-hydrogen) atoms. The van der Waals surface area contributed by atoms with Gasteiger partial charge in [0, 0.05) is 24.8 Å². The van der Waals surface area contributed by atoms with E-state index in [1.165, 1.54) is 20.2 Å². The summed E-state index contributed by atoms with van der Waals surface area (Å²) in [5.41, 5.74) is 2.52. The Kier molecular flexibility index (Phi) is 1.83. The zero-order valence-corrected chi connectivity index (χ0v) is 9.16. The molecule has 0 bridgehead atoms. The van der Waals surface area contributed by atoms with E-state index in [0.717, 1.165) is 0 Å². The number of halogens is 1. The highest BCUT2D eigenvalue weighted by atomic mass is 127. The lowest BCUT2D eigenvalue weighted by Gasteiger charge is -1.99. The van der Waals surface area contributed by atoms with E-state index in [0.29, 0.717) is 0 Å². The molecule has 0 aromatic carbocycles. The van der Waals surface area contributed by atoms with Gasteiger partial charge in [-0.05, 0) is 41.1 Å². The first-order valence-corrected chi connectivity index (χ1v) is 4.83. The first kappa shape index (κ1) is 8.04. The number of hydrogen-bond acceptors (Lipinski definition) is 1. The summed E-state index contributed by atoms with van der Waals surface area (Å²) < 4.78 is 3.44. The molecule has 0 aliphatic heterocycles. The van der Waals surface area contributed by atoms with Crippen LogP contribution in [-0.4, -0.2) is 9.55 Å². The van der Waals surface area contributed by atoms with Crippen molar-refractivity contribution in [2.75, 3.05) is 0 Å². The van der Waals surface area contributed by atoms with Crippen LogP contribution in [0.1, 0.15) is 5.56 Å². The fourth-order valence-corrected chi connectivity index (χ4v) is 2.05. The van der Waals surface area contributed by atoms with Crippen molar-refractivity contribution in [3.8, 4) is 0 Å². The van der Waals surface area contributed by atoms with Gasteiger partial charge in [-0.15, -0.1) is 0 Å². The van der Waals surface area contributed by atoms with E-state index >= 15 is 0 Å². The van der Waals surface area contributed by atoms with Gasteiger partial charge in [-0.1, -0.05) is 0 Å². The zero-order chi connectivity index (χ0) is 8.72. The van der Waals surface area contributed by atoms with Crippen LogP contribution >= 0.6 is 22.6 Å². The predicted octanol–water partition coefficient (Wildman–Crippen LogP) is 2.49. The van der Waals surface area contributed by atoms with Crippen LogP contribution in [0.4, 0.5) is 0 Å². The molecule has 0 fully saturated rings. The van der Waals surface area contributed by atoms with Crippen LogP contribution in [0.15, 0.2) is 18.5 Å². The van der Waals surface area contributed by atoms with Crippen LogP contribution < -0.4 is 0 Å². The number of hydrogen-bond donors (Lipinski definition) is 0. The molecular formula is C9H9IN2. The third-order valence-corrected chi connectivity index (χ3v) is 3.09. The maximum atomic E-state index is 4.15. The Hall–Kier alpha value is -0.580. The van der Waals surface area contributed by atoms with Crippen LogP contribution in [-0.2, 0) is 7.05 Å². The number of pyridine rings is 1. The average molecular weight is 272 g/mol. The number of aromatic nitrogens is 2. The molecule has 0 aliphatic carbocycles. The normalized spacial score (nSPS) is 10.9. The number of aryl methyl sites for hydroxylation is 2. The fraction of sp³-hybridized carbons (Fsp3) is 0.222. The van der Waals surface area contributed by atoms with Gasteiger partial charge in [0.25, 0.3) is 0 Å². The Morgan fingerprint density at radius 3 is 2.83 bits per heavy atom. The number of rotatable bonds is 0. The highest BCUT2D eigenvalue weighted by molar-refractivity contribution is 14.1. The van der Waals surface area contributed by atoms with Crippen molar-refractivity contribution in [1.29, 1.82) is 0 Å². The molecule has 0 radical (unpaired) electrons. The van der Waals surface area contributed by atoms with E-state index in [4.69, 9.17) is 0 Å². The van der Waals surface area contributed by atoms with E-state index in [9.17, 15) is 0 Å². The zero-order valence-electron chi connectivity index (χ0n) is 7.00. The molecule has 0 aliphatic rings. The quantitative estimate of drug-likeness (QED) is 0.674. The van der Waals surface area contributed by atoms with E-state index in [1.807, 2.05) is 12.4 Å². The third kappa shape index (κ3) is 1.03. The maximum Gasteiger partial charge on any atom is 0.0807 e. The Balaban J connectivity index is 2.97. The van der Waals surface area contributed by atoms with Gasteiger partial charge >= 0.3 is 0 Å². The smallest absolute Gasteiger partial charge is 0.0807 e. The van der Waals surface area contributed by atoms with Crippen molar-refractivity contribution >= 4 is 33.5 Å². The third-order valence-electron chi connectivity index (χ3n) is 2.06. The Labute approximate surface area is 84.7 Å². The van der Waals surface area contributed by atoms with E-state index < -0.39 is 0 Å². The largest absolute Gasteiger partial charge is 0.339 e. The molecule has 2 aromatic heterocycles. The van der Waals surface area contributed by atoms with Gasteiger partial charge in [0.2, 0.25) is 0 Å². The standard InChI is InChI=1S/C9H9IN2/c1-6-4-11-5-7-3-8(10)12(2)9(6)7/h3-5H,1-2H3. The summed E-state index contributed by atoms with van der Waals surface area (Å²) in [6, 6.07) is 2.15. The second-order valence-electron chi connectivity index (χ2n) is 2.92. The molecular weight excluding hydrogens is 263 g/mol. The van der Waals surface area contributed by atoms with Gasteiger partial charge < -0.3 is 4.57 Å². The minimum atomic E-state index is 1.22. The molecule has 3 heteroatoms. The molecule has 0 spiro atoms. The van der Waals surface area contributed by atoms with Crippen LogP contribution in [0.2, 0.25) is 0 Å². The van der Waals surface area contributed by atoms with Crippen LogP contribution in [0.3, 0.4) is 0 Å². The minimum Gasteiger partial charge on any atom is -0.339 e. The van der Waals surface area contributed by atoms with Crippen molar-refractivity contribution in [2.45, 2.75) is 6.92 Å². The van der Waals surface area contributed by atoms with Crippen LogP contribution in [0, 0.1) is 10.6 Å². The van der Waals surface area contributed by atoms with Crippen molar-refractivity contribution in [1.82, 2.24) is 9.55 Å². The second kappa shape index (κ2) is 2.73. The van der Waals surface area contributed by atoms with Gasteiger partial charge in [0.15, 0.2) is 0 Å². The summed E-state index contributed by atoms with van der Waals surface area (Å²) >= 11 is 2.33. The van der Waals surface area contributed by atoms with Gasteiger partial charge in [0.05, 0.1) is 9.22 Å². The van der Waals surface area contributed by atoms with Crippen molar-refractivity contribution in [3.63, 3.8) is 0 Å². The lowest BCUT2D eigenvalue weighted by Crippen LogP contribution is -1.91. The van der Waals surface area contributed by atoms with Crippen molar-refractivity contribution < 1.29 is 0 Å².